The summed E-state index contributed by atoms with van der Waals surface area (Å²) >= 11 is 0. The van der Waals surface area contributed by atoms with Crippen LogP contribution in [0.4, 0.5) is 0 Å². The van der Waals surface area contributed by atoms with E-state index in [9.17, 15) is 4.79 Å². The average molecular weight is 289 g/mol. The van der Waals surface area contributed by atoms with Gasteiger partial charge in [-0.1, -0.05) is 0 Å². The summed E-state index contributed by atoms with van der Waals surface area (Å²) in [5.41, 5.74) is 1.80. The maximum Gasteiger partial charge on any atom is 0.255 e. The Hall–Kier alpha value is -1.46. The molecule has 0 spiro atoms. The zero-order chi connectivity index (χ0) is 14.7. The van der Waals surface area contributed by atoms with E-state index in [0.29, 0.717) is 37.8 Å². The van der Waals surface area contributed by atoms with Gasteiger partial charge in [-0.15, -0.1) is 0 Å². The summed E-state index contributed by atoms with van der Waals surface area (Å²) in [5.74, 6) is 0.564. The van der Waals surface area contributed by atoms with Gasteiger partial charge in [-0.3, -0.25) is 9.78 Å². The fourth-order valence-corrected chi connectivity index (χ4v) is 3.13. The number of ether oxygens (including phenoxy) is 1. The van der Waals surface area contributed by atoms with Crippen molar-refractivity contribution in [2.45, 2.75) is 18.8 Å². The van der Waals surface area contributed by atoms with Gasteiger partial charge in [-0.25, -0.2) is 0 Å². The molecule has 21 heavy (non-hydrogen) atoms. The highest BCUT2D eigenvalue weighted by Gasteiger charge is 2.22. The van der Waals surface area contributed by atoms with E-state index in [2.05, 4.69) is 16.9 Å². The minimum absolute atomic E-state index is 0.0677. The summed E-state index contributed by atoms with van der Waals surface area (Å²) in [4.78, 5) is 21.1. The van der Waals surface area contributed by atoms with Crippen LogP contribution in [0.5, 0.6) is 0 Å². The van der Waals surface area contributed by atoms with Crippen molar-refractivity contribution in [3.05, 3.63) is 29.6 Å². The van der Waals surface area contributed by atoms with E-state index < -0.39 is 0 Å². The molecule has 0 bridgehead atoms. The Labute approximate surface area is 125 Å². The molecule has 2 aliphatic heterocycles. The van der Waals surface area contributed by atoms with E-state index in [4.69, 9.17) is 4.74 Å². The molecule has 0 aromatic carbocycles. The van der Waals surface area contributed by atoms with Gasteiger partial charge in [0.05, 0.1) is 18.8 Å². The molecular formula is C16H23N3O2. The normalized spacial score (nSPS) is 24.0. The highest BCUT2D eigenvalue weighted by Crippen LogP contribution is 2.24. The lowest BCUT2D eigenvalue weighted by atomic mass is 9.94. The van der Waals surface area contributed by atoms with E-state index in [1.165, 1.54) is 19.4 Å². The number of likely N-dealkylation sites (tertiary alicyclic amines) is 1. The first kappa shape index (κ1) is 14.5. The van der Waals surface area contributed by atoms with Gasteiger partial charge >= 0.3 is 0 Å². The van der Waals surface area contributed by atoms with Crippen molar-refractivity contribution >= 4 is 5.91 Å². The number of carbonyl (C=O) groups excluding carboxylic acids is 1. The van der Waals surface area contributed by atoms with E-state index >= 15 is 0 Å². The molecule has 1 unspecified atom stereocenters. The predicted octanol–water partition coefficient (Wildman–Crippen LogP) is 1.36. The van der Waals surface area contributed by atoms with Gasteiger partial charge < -0.3 is 14.5 Å². The van der Waals surface area contributed by atoms with E-state index in [1.54, 1.807) is 6.20 Å². The Morgan fingerprint density at radius 2 is 2.10 bits per heavy atom. The van der Waals surface area contributed by atoms with Crippen molar-refractivity contribution in [1.82, 2.24) is 14.8 Å². The molecule has 1 amide bonds. The summed E-state index contributed by atoms with van der Waals surface area (Å²) in [7, 11) is 2.16. The van der Waals surface area contributed by atoms with Crippen LogP contribution in [0.25, 0.3) is 0 Å². The van der Waals surface area contributed by atoms with Crippen LogP contribution in [0, 0.1) is 0 Å². The number of nitrogens with zero attached hydrogens (tertiary/aromatic N) is 3. The fourth-order valence-electron chi connectivity index (χ4n) is 3.13. The molecule has 1 atom stereocenters. The first-order chi connectivity index (χ1) is 10.2. The van der Waals surface area contributed by atoms with Gasteiger partial charge in [0.1, 0.15) is 0 Å². The number of likely N-dealkylation sites (N-methyl/N-ethyl adjacent to an activating group) is 1. The van der Waals surface area contributed by atoms with Crippen LogP contribution in [0.15, 0.2) is 18.3 Å². The topological polar surface area (TPSA) is 45.7 Å². The molecule has 114 valence electrons. The third-order valence-corrected chi connectivity index (χ3v) is 4.37. The van der Waals surface area contributed by atoms with Crippen molar-refractivity contribution in [1.29, 1.82) is 0 Å². The third-order valence-electron chi connectivity index (χ3n) is 4.37. The number of carbonyl (C=O) groups is 1. The van der Waals surface area contributed by atoms with Gasteiger partial charge in [0.15, 0.2) is 0 Å². The SMILES string of the molecule is CN1CCCC(c2ccc(C(=O)N3CCOCC3)cn2)C1. The molecule has 1 aromatic rings. The highest BCUT2D eigenvalue weighted by molar-refractivity contribution is 5.94. The second kappa shape index (κ2) is 6.54. The second-order valence-electron chi connectivity index (χ2n) is 5.98. The third kappa shape index (κ3) is 3.41. The predicted molar refractivity (Wildman–Crippen MR) is 80.4 cm³/mol. The lowest BCUT2D eigenvalue weighted by Gasteiger charge is -2.29. The number of morpholine rings is 1. The van der Waals surface area contributed by atoms with Crippen molar-refractivity contribution < 1.29 is 9.53 Å². The first-order valence-corrected chi connectivity index (χ1v) is 7.75. The van der Waals surface area contributed by atoms with Gasteiger partial charge in [-0.2, -0.15) is 0 Å². The lowest BCUT2D eigenvalue weighted by molar-refractivity contribution is 0.0302. The molecule has 0 saturated carbocycles. The summed E-state index contributed by atoms with van der Waals surface area (Å²) in [5, 5.41) is 0. The molecule has 2 fully saturated rings. The molecular weight excluding hydrogens is 266 g/mol. The van der Waals surface area contributed by atoms with Gasteiger partial charge in [-0.05, 0) is 38.6 Å². The van der Waals surface area contributed by atoms with Crippen LogP contribution >= 0.6 is 0 Å². The minimum Gasteiger partial charge on any atom is -0.378 e. The average Bonchev–Trinajstić information content (AvgIpc) is 2.55. The van der Waals surface area contributed by atoms with Gasteiger partial charge in [0, 0.05) is 37.4 Å². The lowest BCUT2D eigenvalue weighted by Crippen LogP contribution is -2.40. The summed E-state index contributed by atoms with van der Waals surface area (Å²) in [6.07, 6.45) is 4.15. The monoisotopic (exact) mass is 289 g/mol. The molecule has 5 nitrogen and oxygen atoms in total. The van der Waals surface area contributed by atoms with E-state index in [1.807, 2.05) is 17.0 Å². The van der Waals surface area contributed by atoms with E-state index in [0.717, 1.165) is 12.2 Å². The van der Waals surface area contributed by atoms with Gasteiger partial charge in [0.25, 0.3) is 5.91 Å². The number of rotatable bonds is 2. The molecule has 2 saturated heterocycles. The number of amides is 1. The molecule has 0 radical (unpaired) electrons. The number of aromatic nitrogens is 1. The van der Waals surface area contributed by atoms with Crippen LogP contribution in [0.2, 0.25) is 0 Å². The minimum atomic E-state index is 0.0677. The highest BCUT2D eigenvalue weighted by atomic mass is 16.5. The quantitative estimate of drug-likeness (QED) is 0.825. The van der Waals surface area contributed by atoms with Crippen LogP contribution in [-0.4, -0.2) is 67.1 Å². The van der Waals surface area contributed by atoms with Crippen LogP contribution in [-0.2, 0) is 4.74 Å². The number of hydrogen-bond acceptors (Lipinski definition) is 4. The van der Waals surface area contributed by atoms with Crippen LogP contribution in [0.1, 0.15) is 34.8 Å². The number of pyridine rings is 1. The maximum atomic E-state index is 12.4. The Kier molecular flexibility index (Phi) is 4.51. The molecule has 3 rings (SSSR count). The maximum absolute atomic E-state index is 12.4. The first-order valence-electron chi connectivity index (χ1n) is 7.75. The van der Waals surface area contributed by atoms with E-state index in [-0.39, 0.29) is 5.91 Å². The second-order valence-corrected chi connectivity index (χ2v) is 5.98. The molecule has 3 heterocycles. The Balaban J connectivity index is 1.67. The van der Waals surface area contributed by atoms with Crippen molar-refractivity contribution in [2.24, 2.45) is 0 Å². The number of piperidine rings is 1. The molecule has 2 aliphatic rings. The molecule has 5 heteroatoms. The van der Waals surface area contributed by atoms with Crippen LogP contribution in [0.3, 0.4) is 0 Å². The Morgan fingerprint density at radius 3 is 2.76 bits per heavy atom. The standard InChI is InChI=1S/C16H23N3O2/c1-18-6-2-3-14(12-18)15-5-4-13(11-17-15)16(20)19-7-9-21-10-8-19/h4-5,11,14H,2-3,6-10,12H2,1H3. The van der Waals surface area contributed by atoms with Gasteiger partial charge in [0.2, 0.25) is 0 Å². The van der Waals surface area contributed by atoms with Crippen molar-refractivity contribution in [3.63, 3.8) is 0 Å². The summed E-state index contributed by atoms with van der Waals surface area (Å²) < 4.78 is 5.28. The van der Waals surface area contributed by atoms with Crippen LogP contribution < -0.4 is 0 Å². The molecule has 1 aromatic heterocycles. The van der Waals surface area contributed by atoms with Crippen molar-refractivity contribution in [3.8, 4) is 0 Å². The summed E-state index contributed by atoms with van der Waals surface area (Å²) in [6, 6.07) is 3.95. The Bertz CT molecular complexity index is 483. The molecule has 0 N–H and O–H groups in total. The van der Waals surface area contributed by atoms with Crippen molar-refractivity contribution in [2.75, 3.05) is 46.4 Å². The zero-order valence-electron chi connectivity index (χ0n) is 12.6. The smallest absolute Gasteiger partial charge is 0.255 e. The summed E-state index contributed by atoms with van der Waals surface area (Å²) in [6.45, 7) is 4.84. The molecule has 0 aliphatic carbocycles. The fraction of sp³-hybridized carbons (Fsp3) is 0.625. The zero-order valence-corrected chi connectivity index (χ0v) is 12.6. The number of hydrogen-bond donors (Lipinski definition) is 0. The largest absolute Gasteiger partial charge is 0.378 e. The Morgan fingerprint density at radius 1 is 1.29 bits per heavy atom.